The van der Waals surface area contributed by atoms with Crippen LogP contribution in [-0.2, 0) is 0 Å². The molecule has 168 valence electrons. The minimum atomic E-state index is -0.313. The van der Waals surface area contributed by atoms with E-state index in [0.717, 1.165) is 24.0 Å². The number of Topliss-reactive ketones (excluding diaryl/α,β-unsaturated/α-hetero) is 2. The van der Waals surface area contributed by atoms with Crippen molar-refractivity contribution in [3.05, 3.63) is 130 Å². The van der Waals surface area contributed by atoms with Crippen LogP contribution < -0.4 is 0 Å². The molecule has 0 N–H and O–H groups in total. The van der Waals surface area contributed by atoms with Crippen molar-refractivity contribution in [2.45, 2.75) is 26.7 Å². The van der Waals surface area contributed by atoms with E-state index in [-0.39, 0.29) is 28.1 Å². The maximum Gasteiger partial charge on any atom is 0.203 e. The second kappa shape index (κ2) is 11.0. The maximum atomic E-state index is 12.6. The number of hydrogen-bond donors (Lipinski definition) is 0. The number of carbonyl (C=O) groups excluding carboxylic acids is 2. The van der Waals surface area contributed by atoms with Crippen molar-refractivity contribution < 1.29 is 9.59 Å². The Morgan fingerprint density at radius 2 is 1.53 bits per heavy atom. The predicted octanol–water partition coefficient (Wildman–Crippen LogP) is 6.60. The zero-order chi connectivity index (χ0) is 24.6. The molecule has 0 heterocycles. The molecule has 1 aliphatic carbocycles. The van der Waals surface area contributed by atoms with Gasteiger partial charge in [0.15, 0.2) is 5.78 Å². The first-order valence-corrected chi connectivity index (χ1v) is 11.0. The maximum absolute atomic E-state index is 12.6. The minimum Gasteiger partial charge on any atom is -0.763 e. The quantitative estimate of drug-likeness (QED) is 0.158. The molecule has 0 spiro atoms. The van der Waals surface area contributed by atoms with Gasteiger partial charge in [-0.25, -0.2) is 0 Å². The average Bonchev–Trinajstić information content (AvgIpc) is 2.84. The smallest absolute Gasteiger partial charge is 0.203 e. The Morgan fingerprint density at radius 3 is 2.09 bits per heavy atom. The van der Waals surface area contributed by atoms with Crippen LogP contribution in [0.3, 0.4) is 0 Å². The van der Waals surface area contributed by atoms with Gasteiger partial charge in [-0.2, -0.15) is 5.26 Å². The van der Waals surface area contributed by atoms with Gasteiger partial charge in [-0.15, -0.1) is 0 Å². The topological polar surface area (TPSA) is 80.2 Å². The molecule has 0 atom stereocenters. The minimum absolute atomic E-state index is 0.0550. The fourth-order valence-corrected chi connectivity index (χ4v) is 3.92. The largest absolute Gasteiger partial charge is 0.763 e. The third kappa shape index (κ3) is 6.36. The molecule has 0 saturated heterocycles. The molecule has 0 aromatic heterocycles. The van der Waals surface area contributed by atoms with Gasteiger partial charge in [0, 0.05) is 16.7 Å². The first-order chi connectivity index (χ1) is 16.3. The second-order valence-corrected chi connectivity index (χ2v) is 8.92. The van der Waals surface area contributed by atoms with Crippen LogP contribution >= 0.6 is 0 Å². The van der Waals surface area contributed by atoms with E-state index in [4.69, 9.17) is 0 Å². The molecular formula is C30H25N2O2-. The average molecular weight is 446 g/mol. The molecule has 0 saturated carbocycles. The molecule has 34 heavy (non-hydrogen) atoms. The summed E-state index contributed by atoms with van der Waals surface area (Å²) in [6.07, 6.45) is 10.3. The second-order valence-electron chi connectivity index (χ2n) is 8.92. The Bertz CT molecular complexity index is 1290. The fourth-order valence-electron chi connectivity index (χ4n) is 3.92. The van der Waals surface area contributed by atoms with Gasteiger partial charge >= 0.3 is 0 Å². The Balaban J connectivity index is 1.86. The highest BCUT2D eigenvalue weighted by Crippen LogP contribution is 2.38. The molecule has 0 fully saturated rings. The summed E-state index contributed by atoms with van der Waals surface area (Å²) in [4.78, 5) is 25.2. The van der Waals surface area contributed by atoms with Gasteiger partial charge in [0.05, 0.1) is 5.57 Å². The van der Waals surface area contributed by atoms with Crippen molar-refractivity contribution in [2.75, 3.05) is 0 Å². The molecule has 1 aliphatic rings. The normalized spacial score (nSPS) is 16.4. The van der Waals surface area contributed by atoms with Crippen molar-refractivity contribution in [1.29, 1.82) is 5.26 Å². The lowest BCUT2D eigenvalue weighted by Crippen LogP contribution is -2.16. The molecule has 0 bridgehead atoms. The summed E-state index contributed by atoms with van der Waals surface area (Å²) < 4.78 is 0. The summed E-state index contributed by atoms with van der Waals surface area (Å²) >= 11 is 0. The molecule has 4 heteroatoms. The Kier molecular flexibility index (Phi) is 7.88. The summed E-state index contributed by atoms with van der Waals surface area (Å²) in [5.74, 6) is 1.38. The zero-order valence-corrected chi connectivity index (χ0v) is 19.3. The molecule has 2 aromatic rings. The molecule has 4 nitrogen and oxygen atoms in total. The summed E-state index contributed by atoms with van der Waals surface area (Å²) in [6.45, 7) is 4.27. The van der Waals surface area contributed by atoms with Crippen molar-refractivity contribution in [2.24, 2.45) is 5.41 Å². The fraction of sp³-hybridized carbons (Fsp3) is 0.167. The lowest BCUT2D eigenvalue weighted by molar-refractivity contribution is 0.103. The van der Waals surface area contributed by atoms with Crippen molar-refractivity contribution >= 4 is 17.4 Å². The van der Waals surface area contributed by atoms with Gasteiger partial charge in [0.2, 0.25) is 5.78 Å². The zero-order valence-electron chi connectivity index (χ0n) is 19.3. The SMILES string of the molecule is CC1(C)CC(/C=C/C(=C=[N-])C(=O)c2ccccc2)=CC(=C/C=C(\C#N)C(=O)c2ccccc2)/C1. The number of nitriles is 1. The van der Waals surface area contributed by atoms with E-state index in [2.05, 4.69) is 13.8 Å². The number of benzene rings is 2. The predicted molar refractivity (Wildman–Crippen MR) is 135 cm³/mol. The molecule has 2 aromatic carbocycles. The number of rotatable bonds is 7. The monoisotopic (exact) mass is 445 g/mol. The summed E-state index contributed by atoms with van der Waals surface area (Å²) in [5.41, 5.74) is 2.97. The van der Waals surface area contributed by atoms with Crippen molar-refractivity contribution in [3.8, 4) is 6.07 Å². The van der Waals surface area contributed by atoms with Gasteiger partial charge in [-0.05, 0) is 41.6 Å². The van der Waals surface area contributed by atoms with E-state index in [1.54, 1.807) is 72.8 Å². The molecule has 0 amide bonds. The van der Waals surface area contributed by atoms with Gasteiger partial charge in [0.25, 0.3) is 0 Å². The summed E-state index contributed by atoms with van der Waals surface area (Å²) in [6, 6.07) is 19.5. The van der Waals surface area contributed by atoms with E-state index in [1.165, 1.54) is 0 Å². The standard InChI is InChI=1S/C30H25N2O2/c1-30(2)18-22(13-15-26(20-31)28(33)24-9-5-3-6-10-24)17-23(19-30)14-16-27(21-32)29(34)25-11-7-4-8-12-25/h3-17H,18-19H2,1-2H3/q-1/b15-13+,23-14-,27-16+. The van der Waals surface area contributed by atoms with Gasteiger partial charge in [-0.3, -0.25) is 15.5 Å². The van der Waals surface area contributed by atoms with E-state index >= 15 is 0 Å². The Labute approximate surface area is 200 Å². The lowest BCUT2D eigenvalue weighted by Gasteiger charge is -2.30. The highest BCUT2D eigenvalue weighted by molar-refractivity contribution is 6.16. The van der Waals surface area contributed by atoms with Crippen LogP contribution in [0, 0.1) is 16.7 Å². The highest BCUT2D eigenvalue weighted by atomic mass is 16.1. The van der Waals surface area contributed by atoms with Crippen LogP contribution in [0.1, 0.15) is 47.4 Å². The van der Waals surface area contributed by atoms with Crippen LogP contribution in [0.15, 0.2) is 113 Å². The molecule has 3 rings (SSSR count). The van der Waals surface area contributed by atoms with Crippen molar-refractivity contribution in [1.82, 2.24) is 0 Å². The van der Waals surface area contributed by atoms with Crippen LogP contribution in [0.2, 0.25) is 0 Å². The number of allylic oxidation sites excluding steroid dienone is 9. The number of ketones is 2. The van der Waals surface area contributed by atoms with Gasteiger partial charge in [-0.1, -0.05) is 92.7 Å². The van der Waals surface area contributed by atoms with Crippen LogP contribution in [0.25, 0.3) is 5.41 Å². The first-order valence-electron chi connectivity index (χ1n) is 11.0. The third-order valence-corrected chi connectivity index (χ3v) is 5.47. The number of carbonyl (C=O) groups is 2. The van der Waals surface area contributed by atoms with Gasteiger partial charge < -0.3 is 5.41 Å². The van der Waals surface area contributed by atoms with Crippen LogP contribution in [-0.4, -0.2) is 17.4 Å². The van der Waals surface area contributed by atoms with Crippen LogP contribution in [0.5, 0.6) is 0 Å². The summed E-state index contributed by atoms with van der Waals surface area (Å²) in [5, 5.41) is 19.0. The Morgan fingerprint density at radius 1 is 0.941 bits per heavy atom. The highest BCUT2D eigenvalue weighted by Gasteiger charge is 2.24. The van der Waals surface area contributed by atoms with Gasteiger partial charge in [0.1, 0.15) is 6.07 Å². The van der Waals surface area contributed by atoms with E-state index < -0.39 is 0 Å². The first kappa shape index (κ1) is 24.3. The third-order valence-electron chi connectivity index (χ3n) is 5.47. The van der Waals surface area contributed by atoms with E-state index in [9.17, 15) is 20.3 Å². The molecule has 0 unspecified atom stereocenters. The number of nitrogens with zero attached hydrogens (tertiary/aromatic N) is 2. The van der Waals surface area contributed by atoms with E-state index in [0.29, 0.717) is 11.1 Å². The van der Waals surface area contributed by atoms with Crippen molar-refractivity contribution in [3.63, 3.8) is 0 Å². The lowest BCUT2D eigenvalue weighted by atomic mass is 9.75. The Hall–Kier alpha value is -4.32. The molecule has 0 radical (unpaired) electrons. The van der Waals surface area contributed by atoms with Crippen LogP contribution in [0.4, 0.5) is 0 Å². The number of hydrogen-bond acceptors (Lipinski definition) is 3. The van der Waals surface area contributed by atoms with E-state index in [1.807, 2.05) is 30.1 Å². The molecular weight excluding hydrogens is 420 g/mol. The molecule has 0 aliphatic heterocycles. The summed E-state index contributed by atoms with van der Waals surface area (Å²) in [7, 11) is 0.